The number of nitrogen functional groups attached to an aromatic ring is 1. The van der Waals surface area contributed by atoms with Crippen LogP contribution < -0.4 is 5.73 Å². The first kappa shape index (κ1) is 11.5. The number of anilines is 1. The molecule has 0 aromatic carbocycles. The van der Waals surface area contributed by atoms with E-state index in [1.54, 1.807) is 0 Å². The summed E-state index contributed by atoms with van der Waals surface area (Å²) in [5.74, 6) is -0.845. The van der Waals surface area contributed by atoms with Crippen LogP contribution >= 0.6 is 11.3 Å². The molecule has 0 amide bonds. The summed E-state index contributed by atoms with van der Waals surface area (Å²) in [5, 5.41) is 0. The van der Waals surface area contributed by atoms with E-state index in [-0.39, 0.29) is 12.4 Å². The topological polar surface area (TPSA) is 78.6 Å². The fourth-order valence-electron chi connectivity index (χ4n) is 0.985. The minimum atomic E-state index is -0.456. The Kier molecular flexibility index (Phi) is 3.68. The SMILES string of the molecule is COC(=O)Cc1sc(C(=O)OC)cc1N. The van der Waals surface area contributed by atoms with E-state index in [9.17, 15) is 9.59 Å². The van der Waals surface area contributed by atoms with Crippen molar-refractivity contribution in [3.8, 4) is 0 Å². The van der Waals surface area contributed by atoms with Crippen LogP contribution in [0.15, 0.2) is 6.07 Å². The molecule has 0 saturated carbocycles. The molecule has 0 atom stereocenters. The molecular formula is C9H11NO4S. The van der Waals surface area contributed by atoms with Crippen molar-refractivity contribution in [3.63, 3.8) is 0 Å². The number of rotatable bonds is 3. The second kappa shape index (κ2) is 4.79. The van der Waals surface area contributed by atoms with Crippen LogP contribution in [0.3, 0.4) is 0 Å². The number of hydrogen-bond donors (Lipinski definition) is 1. The molecule has 6 heteroatoms. The fourth-order valence-corrected chi connectivity index (χ4v) is 1.97. The van der Waals surface area contributed by atoms with Crippen LogP contribution in [-0.2, 0) is 20.7 Å². The zero-order valence-electron chi connectivity index (χ0n) is 8.40. The molecule has 0 aliphatic heterocycles. The third kappa shape index (κ3) is 2.69. The lowest BCUT2D eigenvalue weighted by molar-refractivity contribution is -0.139. The van der Waals surface area contributed by atoms with E-state index < -0.39 is 5.97 Å². The summed E-state index contributed by atoms with van der Waals surface area (Å²) in [5.41, 5.74) is 6.04. The Bertz CT molecular complexity index is 385. The summed E-state index contributed by atoms with van der Waals surface area (Å²) in [6, 6.07) is 1.49. The maximum absolute atomic E-state index is 11.2. The smallest absolute Gasteiger partial charge is 0.348 e. The van der Waals surface area contributed by atoms with E-state index in [0.29, 0.717) is 15.4 Å². The highest BCUT2D eigenvalue weighted by atomic mass is 32.1. The van der Waals surface area contributed by atoms with E-state index in [1.165, 1.54) is 20.3 Å². The third-order valence-corrected chi connectivity index (χ3v) is 2.89. The zero-order valence-corrected chi connectivity index (χ0v) is 9.22. The monoisotopic (exact) mass is 229 g/mol. The summed E-state index contributed by atoms with van der Waals surface area (Å²) < 4.78 is 9.04. The number of ether oxygens (including phenoxy) is 2. The van der Waals surface area contributed by atoms with Crippen LogP contribution in [0.4, 0.5) is 5.69 Å². The Morgan fingerprint density at radius 1 is 1.40 bits per heavy atom. The Labute approximate surface area is 90.8 Å². The summed E-state index contributed by atoms with van der Waals surface area (Å²) in [6.07, 6.45) is 0.0734. The van der Waals surface area contributed by atoms with Crippen LogP contribution in [-0.4, -0.2) is 26.2 Å². The Balaban J connectivity index is 2.86. The number of carbonyl (C=O) groups is 2. The number of hydrogen-bond acceptors (Lipinski definition) is 6. The lowest BCUT2D eigenvalue weighted by Crippen LogP contribution is -2.04. The predicted molar refractivity (Wildman–Crippen MR) is 55.8 cm³/mol. The number of thiophene rings is 1. The molecule has 1 aromatic heterocycles. The van der Waals surface area contributed by atoms with Crippen LogP contribution in [0.25, 0.3) is 0 Å². The van der Waals surface area contributed by atoms with Gasteiger partial charge in [0.15, 0.2) is 0 Å². The van der Waals surface area contributed by atoms with Crippen molar-refractivity contribution in [2.24, 2.45) is 0 Å². The normalized spacial score (nSPS) is 9.73. The number of esters is 2. The average molecular weight is 229 g/mol. The van der Waals surface area contributed by atoms with Crippen molar-refractivity contribution >= 4 is 29.0 Å². The second-order valence-corrected chi connectivity index (χ2v) is 3.87. The van der Waals surface area contributed by atoms with Gasteiger partial charge in [0.05, 0.1) is 20.6 Å². The van der Waals surface area contributed by atoms with Crippen molar-refractivity contribution in [2.75, 3.05) is 20.0 Å². The van der Waals surface area contributed by atoms with Gasteiger partial charge < -0.3 is 15.2 Å². The van der Waals surface area contributed by atoms with Crippen molar-refractivity contribution in [1.82, 2.24) is 0 Å². The van der Waals surface area contributed by atoms with Gasteiger partial charge in [-0.15, -0.1) is 11.3 Å². The number of methoxy groups -OCH3 is 2. The molecule has 0 radical (unpaired) electrons. The summed E-state index contributed by atoms with van der Waals surface area (Å²) >= 11 is 1.14. The van der Waals surface area contributed by atoms with Crippen LogP contribution in [0, 0.1) is 0 Å². The maximum Gasteiger partial charge on any atom is 0.348 e. The average Bonchev–Trinajstić information content (AvgIpc) is 2.59. The van der Waals surface area contributed by atoms with Gasteiger partial charge in [0, 0.05) is 10.6 Å². The van der Waals surface area contributed by atoms with Gasteiger partial charge in [0.1, 0.15) is 4.88 Å². The standard InChI is InChI=1S/C9H11NO4S/c1-13-8(11)4-6-5(10)3-7(15-6)9(12)14-2/h3H,4,10H2,1-2H3. The maximum atomic E-state index is 11.2. The fraction of sp³-hybridized carbons (Fsp3) is 0.333. The predicted octanol–water partition coefficient (Wildman–Crippen LogP) is 0.832. The quantitative estimate of drug-likeness (QED) is 0.777. The van der Waals surface area contributed by atoms with Crippen LogP contribution in [0.2, 0.25) is 0 Å². The lowest BCUT2D eigenvalue weighted by atomic mass is 10.3. The molecule has 5 nitrogen and oxygen atoms in total. The molecule has 0 unspecified atom stereocenters. The van der Waals surface area contributed by atoms with E-state index >= 15 is 0 Å². The van der Waals surface area contributed by atoms with Crippen molar-refractivity contribution in [2.45, 2.75) is 6.42 Å². The summed E-state index contributed by atoms with van der Waals surface area (Å²) in [4.78, 5) is 23.1. The molecule has 1 heterocycles. The van der Waals surface area contributed by atoms with Crippen LogP contribution in [0.1, 0.15) is 14.5 Å². The molecule has 0 fully saturated rings. The van der Waals surface area contributed by atoms with Crippen molar-refractivity contribution in [1.29, 1.82) is 0 Å². The van der Waals surface area contributed by atoms with Gasteiger partial charge in [-0.2, -0.15) is 0 Å². The second-order valence-electron chi connectivity index (χ2n) is 2.73. The first-order chi connectivity index (χ1) is 7.08. The number of nitrogens with two attached hydrogens (primary N) is 1. The summed E-state index contributed by atoms with van der Waals surface area (Å²) in [6.45, 7) is 0. The van der Waals surface area contributed by atoms with Crippen molar-refractivity contribution in [3.05, 3.63) is 15.8 Å². The van der Waals surface area contributed by atoms with Crippen LogP contribution in [0.5, 0.6) is 0 Å². The molecule has 15 heavy (non-hydrogen) atoms. The highest BCUT2D eigenvalue weighted by Crippen LogP contribution is 2.25. The molecule has 0 saturated heterocycles. The van der Waals surface area contributed by atoms with Gasteiger partial charge in [-0.3, -0.25) is 4.79 Å². The Morgan fingerprint density at radius 2 is 2.07 bits per heavy atom. The lowest BCUT2D eigenvalue weighted by Gasteiger charge is -1.96. The minimum absolute atomic E-state index is 0.0734. The van der Waals surface area contributed by atoms with Gasteiger partial charge in [0.2, 0.25) is 0 Å². The minimum Gasteiger partial charge on any atom is -0.469 e. The first-order valence-corrected chi connectivity index (χ1v) is 4.93. The van der Waals surface area contributed by atoms with Gasteiger partial charge in [-0.25, -0.2) is 4.79 Å². The molecule has 0 aliphatic rings. The largest absolute Gasteiger partial charge is 0.469 e. The molecule has 1 aromatic rings. The van der Waals surface area contributed by atoms with Gasteiger partial charge in [-0.05, 0) is 6.07 Å². The Morgan fingerprint density at radius 3 is 2.60 bits per heavy atom. The molecular weight excluding hydrogens is 218 g/mol. The van der Waals surface area contributed by atoms with Gasteiger partial charge in [-0.1, -0.05) is 0 Å². The zero-order chi connectivity index (χ0) is 11.4. The van der Waals surface area contributed by atoms with E-state index in [4.69, 9.17) is 5.73 Å². The van der Waals surface area contributed by atoms with E-state index in [2.05, 4.69) is 9.47 Å². The van der Waals surface area contributed by atoms with Gasteiger partial charge in [0.25, 0.3) is 0 Å². The third-order valence-electron chi connectivity index (χ3n) is 1.76. The highest BCUT2D eigenvalue weighted by Gasteiger charge is 2.15. The highest BCUT2D eigenvalue weighted by molar-refractivity contribution is 7.14. The molecule has 0 aliphatic carbocycles. The van der Waals surface area contributed by atoms with Crippen molar-refractivity contribution < 1.29 is 19.1 Å². The molecule has 2 N–H and O–H groups in total. The molecule has 0 bridgehead atoms. The molecule has 0 spiro atoms. The van der Waals surface area contributed by atoms with E-state index in [0.717, 1.165) is 11.3 Å². The first-order valence-electron chi connectivity index (χ1n) is 4.11. The summed E-state index contributed by atoms with van der Waals surface area (Å²) in [7, 11) is 2.59. The van der Waals surface area contributed by atoms with Gasteiger partial charge >= 0.3 is 11.9 Å². The molecule has 82 valence electrons. The molecule has 1 rings (SSSR count). The van der Waals surface area contributed by atoms with E-state index in [1.807, 2.05) is 0 Å². The number of carbonyl (C=O) groups excluding carboxylic acids is 2. The Hall–Kier alpha value is -1.56.